The Balaban J connectivity index is 1.94. The number of rotatable bonds is 3. The van der Waals surface area contributed by atoms with E-state index in [1.54, 1.807) is 6.92 Å². The SMILES string of the molecule is C=C(C)C(=O)O[C@H]1CO[C@H]2[C@@H]1OC[C@H]2OC(C)=O. The molecule has 2 rings (SSSR count). The molecule has 4 atom stereocenters. The van der Waals surface area contributed by atoms with Gasteiger partial charge in [-0.2, -0.15) is 0 Å². The van der Waals surface area contributed by atoms with Crippen molar-refractivity contribution in [1.29, 1.82) is 0 Å². The summed E-state index contributed by atoms with van der Waals surface area (Å²) >= 11 is 0. The first kappa shape index (κ1) is 13.0. The van der Waals surface area contributed by atoms with Gasteiger partial charge >= 0.3 is 11.9 Å². The first-order chi connectivity index (χ1) is 8.49. The van der Waals surface area contributed by atoms with Crippen LogP contribution in [0.2, 0.25) is 0 Å². The lowest BCUT2D eigenvalue weighted by Gasteiger charge is -2.16. The van der Waals surface area contributed by atoms with E-state index in [1.807, 2.05) is 0 Å². The maximum atomic E-state index is 11.4. The largest absolute Gasteiger partial charge is 0.457 e. The molecule has 6 heteroatoms. The van der Waals surface area contributed by atoms with Crippen molar-refractivity contribution < 1.29 is 28.5 Å². The Labute approximate surface area is 105 Å². The van der Waals surface area contributed by atoms with Crippen LogP contribution in [0.4, 0.5) is 0 Å². The van der Waals surface area contributed by atoms with Gasteiger partial charge in [0.05, 0.1) is 13.2 Å². The van der Waals surface area contributed by atoms with Crippen molar-refractivity contribution in [2.75, 3.05) is 13.2 Å². The number of hydrogen-bond donors (Lipinski definition) is 0. The van der Waals surface area contributed by atoms with Crippen molar-refractivity contribution in [3.63, 3.8) is 0 Å². The van der Waals surface area contributed by atoms with Crippen LogP contribution in [0, 0.1) is 0 Å². The number of hydrogen-bond acceptors (Lipinski definition) is 6. The zero-order chi connectivity index (χ0) is 13.3. The second-order valence-electron chi connectivity index (χ2n) is 4.47. The van der Waals surface area contributed by atoms with Crippen LogP contribution in [-0.2, 0) is 28.5 Å². The Morgan fingerprint density at radius 3 is 2.00 bits per heavy atom. The molecular weight excluding hydrogens is 240 g/mol. The van der Waals surface area contributed by atoms with Gasteiger partial charge in [-0.1, -0.05) is 6.58 Å². The molecule has 0 amide bonds. The third-order valence-corrected chi connectivity index (χ3v) is 2.89. The fourth-order valence-corrected chi connectivity index (χ4v) is 2.08. The van der Waals surface area contributed by atoms with Crippen molar-refractivity contribution in [3.8, 4) is 0 Å². The fraction of sp³-hybridized carbons (Fsp3) is 0.667. The third kappa shape index (κ3) is 2.54. The molecule has 6 nitrogen and oxygen atoms in total. The molecule has 0 aliphatic carbocycles. The summed E-state index contributed by atoms with van der Waals surface area (Å²) in [5.41, 5.74) is 0.327. The smallest absolute Gasteiger partial charge is 0.333 e. The highest BCUT2D eigenvalue weighted by atomic mass is 16.7. The molecule has 18 heavy (non-hydrogen) atoms. The monoisotopic (exact) mass is 256 g/mol. The average molecular weight is 256 g/mol. The number of esters is 2. The van der Waals surface area contributed by atoms with Gasteiger partial charge in [-0.3, -0.25) is 4.79 Å². The summed E-state index contributed by atoms with van der Waals surface area (Å²) in [6.07, 6.45) is -1.64. The minimum atomic E-state index is -0.472. The highest BCUT2D eigenvalue weighted by molar-refractivity contribution is 5.87. The van der Waals surface area contributed by atoms with Gasteiger partial charge < -0.3 is 18.9 Å². The van der Waals surface area contributed by atoms with E-state index in [-0.39, 0.29) is 31.4 Å². The van der Waals surface area contributed by atoms with Gasteiger partial charge in [-0.05, 0) is 6.92 Å². The van der Waals surface area contributed by atoms with E-state index in [9.17, 15) is 9.59 Å². The Morgan fingerprint density at radius 2 is 1.56 bits per heavy atom. The van der Waals surface area contributed by atoms with Gasteiger partial charge in [0.2, 0.25) is 0 Å². The number of ether oxygens (including phenoxy) is 4. The van der Waals surface area contributed by atoms with Gasteiger partial charge in [-0.25, -0.2) is 4.79 Å². The summed E-state index contributed by atoms with van der Waals surface area (Å²) in [4.78, 5) is 22.3. The Morgan fingerprint density at radius 1 is 1.06 bits per heavy atom. The number of carbonyl (C=O) groups is 2. The van der Waals surface area contributed by atoms with E-state index in [0.717, 1.165) is 0 Å². The maximum absolute atomic E-state index is 11.4. The van der Waals surface area contributed by atoms with Crippen LogP contribution in [0.15, 0.2) is 12.2 Å². The average Bonchev–Trinajstić information content (AvgIpc) is 2.82. The highest BCUT2D eigenvalue weighted by Crippen LogP contribution is 2.30. The Kier molecular flexibility index (Phi) is 3.68. The molecule has 0 aromatic carbocycles. The summed E-state index contributed by atoms with van der Waals surface area (Å²) in [5.74, 6) is -0.848. The third-order valence-electron chi connectivity index (χ3n) is 2.89. The predicted molar refractivity (Wildman–Crippen MR) is 59.7 cm³/mol. The summed E-state index contributed by atoms with van der Waals surface area (Å²) in [6, 6.07) is 0. The van der Waals surface area contributed by atoms with E-state index in [4.69, 9.17) is 18.9 Å². The van der Waals surface area contributed by atoms with Crippen LogP contribution in [0.3, 0.4) is 0 Å². The van der Waals surface area contributed by atoms with E-state index in [0.29, 0.717) is 5.57 Å². The fourth-order valence-electron chi connectivity index (χ4n) is 2.08. The van der Waals surface area contributed by atoms with Crippen LogP contribution in [-0.4, -0.2) is 49.6 Å². The summed E-state index contributed by atoms with van der Waals surface area (Å²) < 4.78 is 21.2. The van der Waals surface area contributed by atoms with Crippen LogP contribution < -0.4 is 0 Å². The minimum Gasteiger partial charge on any atom is -0.457 e. The van der Waals surface area contributed by atoms with E-state index in [1.165, 1.54) is 6.92 Å². The van der Waals surface area contributed by atoms with E-state index >= 15 is 0 Å². The lowest BCUT2D eigenvalue weighted by Crippen LogP contribution is -2.35. The molecule has 0 unspecified atom stereocenters. The summed E-state index contributed by atoms with van der Waals surface area (Å²) in [6.45, 7) is 6.92. The van der Waals surface area contributed by atoms with Gasteiger partial charge in [0, 0.05) is 12.5 Å². The zero-order valence-electron chi connectivity index (χ0n) is 10.4. The molecule has 0 aromatic heterocycles. The van der Waals surface area contributed by atoms with Crippen molar-refractivity contribution in [2.45, 2.75) is 38.3 Å². The molecule has 0 radical (unpaired) electrons. The van der Waals surface area contributed by atoms with Crippen molar-refractivity contribution in [2.24, 2.45) is 0 Å². The molecule has 2 aliphatic rings. The molecule has 100 valence electrons. The normalized spacial score (nSPS) is 33.9. The van der Waals surface area contributed by atoms with Gasteiger partial charge in [0.15, 0.2) is 12.2 Å². The lowest BCUT2D eigenvalue weighted by atomic mass is 10.1. The van der Waals surface area contributed by atoms with Crippen LogP contribution in [0.25, 0.3) is 0 Å². The van der Waals surface area contributed by atoms with E-state index in [2.05, 4.69) is 6.58 Å². The minimum absolute atomic E-state index is 0.242. The van der Waals surface area contributed by atoms with Crippen LogP contribution >= 0.6 is 0 Å². The second kappa shape index (κ2) is 5.07. The summed E-state index contributed by atoms with van der Waals surface area (Å²) in [5, 5.41) is 0. The zero-order valence-corrected chi connectivity index (χ0v) is 10.4. The van der Waals surface area contributed by atoms with Crippen LogP contribution in [0.5, 0.6) is 0 Å². The molecule has 2 aliphatic heterocycles. The molecule has 0 saturated carbocycles. The molecule has 0 N–H and O–H groups in total. The number of fused-ring (bicyclic) bond motifs is 1. The van der Waals surface area contributed by atoms with Crippen molar-refractivity contribution in [3.05, 3.63) is 12.2 Å². The Bertz CT molecular complexity index is 377. The molecule has 2 fully saturated rings. The molecule has 0 aromatic rings. The Hall–Kier alpha value is -1.40. The lowest BCUT2D eigenvalue weighted by molar-refractivity contribution is -0.151. The van der Waals surface area contributed by atoms with Gasteiger partial charge in [-0.15, -0.1) is 0 Å². The number of carbonyl (C=O) groups excluding carboxylic acids is 2. The standard InChI is InChI=1S/C12H16O6/c1-6(2)12(14)18-9-5-16-10-8(17-7(3)13)4-15-11(9)10/h8-11H,1,4-5H2,2-3H3/t8-,9+,10-,11-/m1/s1. The van der Waals surface area contributed by atoms with Crippen molar-refractivity contribution in [1.82, 2.24) is 0 Å². The van der Waals surface area contributed by atoms with Crippen LogP contribution in [0.1, 0.15) is 13.8 Å². The second-order valence-corrected chi connectivity index (χ2v) is 4.47. The quantitative estimate of drug-likeness (QED) is 0.531. The molecular formula is C12H16O6. The van der Waals surface area contributed by atoms with Crippen molar-refractivity contribution >= 4 is 11.9 Å². The summed E-state index contributed by atoms with van der Waals surface area (Å²) in [7, 11) is 0. The van der Waals surface area contributed by atoms with Gasteiger partial charge in [0.25, 0.3) is 0 Å². The molecule has 2 heterocycles. The molecule has 2 saturated heterocycles. The molecule has 0 bridgehead atoms. The first-order valence-corrected chi connectivity index (χ1v) is 5.76. The van der Waals surface area contributed by atoms with Gasteiger partial charge in [0.1, 0.15) is 12.2 Å². The maximum Gasteiger partial charge on any atom is 0.333 e. The van der Waals surface area contributed by atoms with E-state index < -0.39 is 18.2 Å². The topological polar surface area (TPSA) is 71.1 Å². The predicted octanol–water partition coefficient (Wildman–Crippen LogP) is 0.204. The molecule has 0 spiro atoms. The first-order valence-electron chi connectivity index (χ1n) is 5.76. The highest BCUT2D eigenvalue weighted by Gasteiger charge is 2.50.